The molecule has 1 N–H and O–H groups in total. The summed E-state index contributed by atoms with van der Waals surface area (Å²) in [5.74, 6) is 0.707. The fourth-order valence-electron chi connectivity index (χ4n) is 2.81. The van der Waals surface area contributed by atoms with Gasteiger partial charge in [0.05, 0.1) is 12.8 Å². The second-order valence-corrected chi connectivity index (χ2v) is 8.41. The Morgan fingerprint density at radius 1 is 0.897 bits per heavy atom. The van der Waals surface area contributed by atoms with E-state index >= 15 is 0 Å². The standard InChI is InChI=1S/C21H23N3O4S/c1-13-9-19(27-5)20(10-14(13)2)29(25,26)24-17-7-6-8-18(12-17)28-21-22-15(3)11-16(4)23-21/h6-12,24H,1-5H3. The molecule has 0 bridgehead atoms. The summed E-state index contributed by atoms with van der Waals surface area (Å²) in [6.07, 6.45) is 0. The molecule has 8 heteroatoms. The molecule has 3 rings (SSSR count). The zero-order chi connectivity index (χ0) is 21.2. The number of aromatic nitrogens is 2. The molecule has 0 fully saturated rings. The normalized spacial score (nSPS) is 11.2. The van der Waals surface area contributed by atoms with Crippen LogP contribution in [0, 0.1) is 27.7 Å². The molecule has 0 spiro atoms. The molecule has 1 heterocycles. The Hall–Kier alpha value is -3.13. The highest BCUT2D eigenvalue weighted by atomic mass is 32.2. The summed E-state index contributed by atoms with van der Waals surface area (Å²) in [6.45, 7) is 7.45. The number of aryl methyl sites for hydroxylation is 4. The van der Waals surface area contributed by atoms with Crippen LogP contribution in [-0.2, 0) is 10.0 Å². The Balaban J connectivity index is 1.89. The van der Waals surface area contributed by atoms with E-state index in [1.165, 1.54) is 7.11 Å². The smallest absolute Gasteiger partial charge is 0.322 e. The molecule has 0 unspecified atom stereocenters. The summed E-state index contributed by atoms with van der Waals surface area (Å²) in [4.78, 5) is 8.54. The predicted octanol–water partition coefficient (Wildman–Crippen LogP) is 4.31. The molecular weight excluding hydrogens is 390 g/mol. The number of hydrogen-bond donors (Lipinski definition) is 1. The zero-order valence-electron chi connectivity index (χ0n) is 17.0. The van der Waals surface area contributed by atoms with Gasteiger partial charge in [0, 0.05) is 17.5 Å². The number of nitrogens with one attached hydrogen (secondary N) is 1. The van der Waals surface area contributed by atoms with Crippen molar-refractivity contribution in [3.8, 4) is 17.5 Å². The SMILES string of the molecule is COc1cc(C)c(C)cc1S(=O)(=O)Nc1cccc(Oc2nc(C)cc(C)n2)c1. The molecule has 7 nitrogen and oxygen atoms in total. The Morgan fingerprint density at radius 3 is 2.21 bits per heavy atom. The summed E-state index contributed by atoms with van der Waals surface area (Å²) < 4.78 is 39.4. The van der Waals surface area contributed by atoms with Crippen molar-refractivity contribution < 1.29 is 17.9 Å². The molecule has 3 aromatic rings. The minimum absolute atomic E-state index is 0.0760. The van der Waals surface area contributed by atoms with Gasteiger partial charge < -0.3 is 9.47 Å². The van der Waals surface area contributed by atoms with Crippen molar-refractivity contribution in [2.45, 2.75) is 32.6 Å². The van der Waals surface area contributed by atoms with Gasteiger partial charge in [-0.15, -0.1) is 0 Å². The van der Waals surface area contributed by atoms with E-state index in [4.69, 9.17) is 9.47 Å². The van der Waals surface area contributed by atoms with Gasteiger partial charge in [-0.25, -0.2) is 18.4 Å². The van der Waals surface area contributed by atoms with Gasteiger partial charge in [-0.05, 0) is 69.2 Å². The Bertz CT molecular complexity index is 1140. The summed E-state index contributed by atoms with van der Waals surface area (Å²) in [5, 5.41) is 0. The van der Waals surface area contributed by atoms with Crippen LogP contribution < -0.4 is 14.2 Å². The molecule has 0 atom stereocenters. The Kier molecular flexibility index (Phi) is 5.74. The fraction of sp³-hybridized carbons (Fsp3) is 0.238. The first kappa shape index (κ1) is 20.6. The quantitative estimate of drug-likeness (QED) is 0.647. The molecule has 0 amide bonds. The van der Waals surface area contributed by atoms with Crippen LogP contribution in [-0.4, -0.2) is 25.5 Å². The number of methoxy groups -OCH3 is 1. The highest BCUT2D eigenvalue weighted by Gasteiger charge is 2.21. The van der Waals surface area contributed by atoms with Crippen LogP contribution in [0.15, 0.2) is 47.4 Å². The number of benzene rings is 2. The van der Waals surface area contributed by atoms with Crippen molar-refractivity contribution in [1.29, 1.82) is 0 Å². The van der Waals surface area contributed by atoms with Crippen LogP contribution in [0.2, 0.25) is 0 Å². The van der Waals surface area contributed by atoms with E-state index in [1.807, 2.05) is 33.8 Å². The lowest BCUT2D eigenvalue weighted by molar-refractivity contribution is 0.402. The maximum atomic E-state index is 12.9. The molecule has 0 saturated carbocycles. The first-order valence-corrected chi connectivity index (χ1v) is 10.4. The molecule has 29 heavy (non-hydrogen) atoms. The third-order valence-electron chi connectivity index (χ3n) is 4.33. The number of sulfonamides is 1. The number of nitrogens with zero attached hydrogens (tertiary/aromatic N) is 2. The number of anilines is 1. The lowest BCUT2D eigenvalue weighted by Gasteiger charge is -2.14. The van der Waals surface area contributed by atoms with Crippen LogP contribution >= 0.6 is 0 Å². The molecule has 0 saturated heterocycles. The second kappa shape index (κ2) is 8.08. The molecule has 0 aliphatic heterocycles. The van der Waals surface area contributed by atoms with E-state index < -0.39 is 10.0 Å². The molecule has 0 aliphatic carbocycles. The van der Waals surface area contributed by atoms with Crippen LogP contribution in [0.5, 0.6) is 17.5 Å². The maximum absolute atomic E-state index is 12.9. The van der Waals surface area contributed by atoms with E-state index in [9.17, 15) is 8.42 Å². The summed E-state index contributed by atoms with van der Waals surface area (Å²) >= 11 is 0. The minimum Gasteiger partial charge on any atom is -0.495 e. The first-order chi connectivity index (χ1) is 13.7. The number of hydrogen-bond acceptors (Lipinski definition) is 6. The van der Waals surface area contributed by atoms with Gasteiger partial charge in [0.2, 0.25) is 0 Å². The largest absolute Gasteiger partial charge is 0.495 e. The third-order valence-corrected chi connectivity index (χ3v) is 5.73. The summed E-state index contributed by atoms with van der Waals surface area (Å²) in [6, 6.07) is 12.0. The van der Waals surface area contributed by atoms with Gasteiger partial charge in [-0.2, -0.15) is 0 Å². The first-order valence-electron chi connectivity index (χ1n) is 8.96. The van der Waals surface area contributed by atoms with Crippen molar-refractivity contribution >= 4 is 15.7 Å². The average molecular weight is 413 g/mol. The van der Waals surface area contributed by atoms with Crippen molar-refractivity contribution in [2.75, 3.05) is 11.8 Å². The second-order valence-electron chi connectivity index (χ2n) is 6.76. The minimum atomic E-state index is -3.86. The molecule has 0 aliphatic rings. The highest BCUT2D eigenvalue weighted by Crippen LogP contribution is 2.30. The van der Waals surface area contributed by atoms with Gasteiger partial charge in [-0.1, -0.05) is 6.07 Å². The van der Waals surface area contributed by atoms with Crippen LogP contribution in [0.1, 0.15) is 22.5 Å². The van der Waals surface area contributed by atoms with E-state index in [-0.39, 0.29) is 16.7 Å². The van der Waals surface area contributed by atoms with Gasteiger partial charge in [0.1, 0.15) is 16.4 Å². The molecule has 1 aromatic heterocycles. The molecular formula is C21H23N3O4S. The highest BCUT2D eigenvalue weighted by molar-refractivity contribution is 7.92. The van der Waals surface area contributed by atoms with E-state index in [2.05, 4.69) is 14.7 Å². The topological polar surface area (TPSA) is 90.4 Å². The maximum Gasteiger partial charge on any atom is 0.322 e. The number of rotatable bonds is 6. The van der Waals surface area contributed by atoms with Crippen LogP contribution in [0.25, 0.3) is 0 Å². The number of ether oxygens (including phenoxy) is 2. The zero-order valence-corrected chi connectivity index (χ0v) is 17.8. The van der Waals surface area contributed by atoms with Crippen molar-refractivity contribution in [3.05, 3.63) is 65.0 Å². The van der Waals surface area contributed by atoms with Crippen molar-refractivity contribution in [1.82, 2.24) is 9.97 Å². The van der Waals surface area contributed by atoms with E-state index in [0.29, 0.717) is 11.4 Å². The van der Waals surface area contributed by atoms with E-state index in [0.717, 1.165) is 22.5 Å². The van der Waals surface area contributed by atoms with Gasteiger partial charge >= 0.3 is 6.01 Å². The van der Waals surface area contributed by atoms with Gasteiger partial charge in [-0.3, -0.25) is 4.72 Å². The monoisotopic (exact) mass is 413 g/mol. The fourth-order valence-corrected chi connectivity index (χ4v) is 4.10. The molecule has 2 aromatic carbocycles. The lowest BCUT2D eigenvalue weighted by Crippen LogP contribution is -2.14. The van der Waals surface area contributed by atoms with Crippen LogP contribution in [0.3, 0.4) is 0 Å². The van der Waals surface area contributed by atoms with E-state index in [1.54, 1.807) is 36.4 Å². The Labute approximate surface area is 170 Å². The molecule has 152 valence electrons. The summed E-state index contributed by atoms with van der Waals surface area (Å²) in [7, 11) is -2.41. The van der Waals surface area contributed by atoms with Gasteiger partial charge in [0.15, 0.2) is 0 Å². The Morgan fingerprint density at radius 2 is 1.55 bits per heavy atom. The third kappa shape index (κ3) is 4.83. The van der Waals surface area contributed by atoms with Crippen LogP contribution in [0.4, 0.5) is 5.69 Å². The average Bonchev–Trinajstić information content (AvgIpc) is 2.62. The van der Waals surface area contributed by atoms with Crippen molar-refractivity contribution in [2.24, 2.45) is 0 Å². The molecule has 0 radical (unpaired) electrons. The van der Waals surface area contributed by atoms with Crippen molar-refractivity contribution in [3.63, 3.8) is 0 Å². The summed E-state index contributed by atoms with van der Waals surface area (Å²) in [5.41, 5.74) is 3.73. The predicted molar refractivity (Wildman–Crippen MR) is 111 cm³/mol. The van der Waals surface area contributed by atoms with Gasteiger partial charge in [0.25, 0.3) is 10.0 Å². The lowest BCUT2D eigenvalue weighted by atomic mass is 10.1.